The number of rotatable bonds is 9. The van der Waals surface area contributed by atoms with E-state index in [9.17, 15) is 24.5 Å². The Hall–Kier alpha value is -3.17. The van der Waals surface area contributed by atoms with Gasteiger partial charge in [0.15, 0.2) is 0 Å². The normalized spacial score (nSPS) is 12.8. The van der Waals surface area contributed by atoms with Crippen molar-refractivity contribution in [3.05, 3.63) is 39.4 Å². The molecule has 0 N–H and O–H groups in total. The molecule has 2 rings (SSSR count). The predicted molar refractivity (Wildman–Crippen MR) is 88.2 cm³/mol. The average molecular weight is 365 g/mol. The summed E-state index contributed by atoms with van der Waals surface area (Å²) in [4.78, 5) is 52.7. The molecule has 0 aromatic heterocycles. The van der Waals surface area contributed by atoms with Crippen LogP contribution in [0.4, 0.5) is 0 Å². The van der Waals surface area contributed by atoms with Crippen LogP contribution in [0.1, 0.15) is 34.1 Å². The van der Waals surface area contributed by atoms with Crippen molar-refractivity contribution in [2.45, 2.75) is 13.3 Å². The lowest BCUT2D eigenvalue weighted by atomic mass is 10.1. The number of amides is 3. The number of likely N-dealkylation sites (N-methyl/N-ethyl adjacent to an activating group) is 1. The lowest BCUT2D eigenvalue weighted by Crippen LogP contribution is -2.33. The number of nitrogens with zero attached hydrogens (tertiary/aromatic N) is 3. The number of benzene rings is 1. The zero-order valence-corrected chi connectivity index (χ0v) is 14.5. The van der Waals surface area contributed by atoms with Crippen molar-refractivity contribution in [1.29, 1.82) is 0 Å². The van der Waals surface area contributed by atoms with E-state index in [-0.39, 0.29) is 36.8 Å². The van der Waals surface area contributed by atoms with Crippen LogP contribution in [-0.4, -0.2) is 66.0 Å². The highest BCUT2D eigenvalue weighted by atomic mass is 16.9. The fourth-order valence-corrected chi connectivity index (χ4v) is 2.46. The molecule has 1 heterocycles. The van der Waals surface area contributed by atoms with Gasteiger partial charge in [0, 0.05) is 13.5 Å². The highest BCUT2D eigenvalue weighted by molar-refractivity contribution is 6.21. The third-order valence-corrected chi connectivity index (χ3v) is 3.88. The summed E-state index contributed by atoms with van der Waals surface area (Å²) in [5.41, 5.74) is 0.383. The van der Waals surface area contributed by atoms with E-state index in [1.165, 1.54) is 12.1 Å². The fraction of sp³-hybridized carbons (Fsp3) is 0.438. The van der Waals surface area contributed by atoms with E-state index < -0.39 is 16.9 Å². The molecule has 0 atom stereocenters. The molecule has 1 aliphatic heterocycles. The summed E-state index contributed by atoms with van der Waals surface area (Å²) in [6, 6.07) is 4.48. The molecule has 0 aliphatic carbocycles. The van der Waals surface area contributed by atoms with Gasteiger partial charge in [0.25, 0.3) is 16.9 Å². The molecule has 0 spiro atoms. The number of carbonyl (C=O) groups excluding carboxylic acids is 3. The average Bonchev–Trinajstić information content (AvgIpc) is 2.85. The lowest BCUT2D eigenvalue weighted by Gasteiger charge is -2.16. The molecule has 0 bridgehead atoms. The third kappa shape index (κ3) is 4.26. The summed E-state index contributed by atoms with van der Waals surface area (Å²) in [5.74, 6) is -0.695. The van der Waals surface area contributed by atoms with Crippen LogP contribution in [0.3, 0.4) is 0 Å². The van der Waals surface area contributed by atoms with Crippen molar-refractivity contribution in [1.82, 2.24) is 9.80 Å². The fourth-order valence-electron chi connectivity index (χ4n) is 2.46. The molecule has 1 aliphatic rings. The smallest absolute Gasteiger partial charge is 0.294 e. The van der Waals surface area contributed by atoms with Gasteiger partial charge in [-0.2, -0.15) is 0 Å². The summed E-state index contributed by atoms with van der Waals surface area (Å²) >= 11 is 0. The zero-order valence-electron chi connectivity index (χ0n) is 14.5. The van der Waals surface area contributed by atoms with Crippen molar-refractivity contribution in [3.8, 4) is 5.75 Å². The predicted octanol–water partition coefficient (Wildman–Crippen LogP) is 0.738. The van der Waals surface area contributed by atoms with Crippen molar-refractivity contribution in [2.75, 3.05) is 33.4 Å². The van der Waals surface area contributed by atoms with Crippen LogP contribution in [0, 0.1) is 10.1 Å². The Morgan fingerprint density at radius 2 is 1.92 bits per heavy atom. The second-order valence-corrected chi connectivity index (χ2v) is 5.54. The maximum atomic E-state index is 12.3. The zero-order chi connectivity index (χ0) is 19.3. The molecule has 3 amide bonds. The van der Waals surface area contributed by atoms with E-state index >= 15 is 0 Å². The first-order valence-corrected chi connectivity index (χ1v) is 7.99. The minimum absolute atomic E-state index is 0.00378. The Balaban J connectivity index is 1.98. The topological polar surface area (TPSA) is 119 Å². The molecule has 10 heteroatoms. The molecule has 10 nitrogen and oxygen atoms in total. The first-order valence-electron chi connectivity index (χ1n) is 7.99. The van der Waals surface area contributed by atoms with E-state index in [1.54, 1.807) is 24.9 Å². The van der Waals surface area contributed by atoms with E-state index in [4.69, 9.17) is 4.74 Å². The third-order valence-electron chi connectivity index (χ3n) is 3.88. The van der Waals surface area contributed by atoms with Crippen molar-refractivity contribution >= 4 is 17.7 Å². The van der Waals surface area contributed by atoms with E-state index in [2.05, 4.69) is 4.84 Å². The highest BCUT2D eigenvalue weighted by Crippen LogP contribution is 2.26. The Labute approximate surface area is 149 Å². The first kappa shape index (κ1) is 19.2. The summed E-state index contributed by atoms with van der Waals surface area (Å²) in [7, 11) is 1.67. The number of fused-ring (bicyclic) bond motifs is 1. The van der Waals surface area contributed by atoms with Crippen molar-refractivity contribution in [3.63, 3.8) is 0 Å². The van der Waals surface area contributed by atoms with Gasteiger partial charge >= 0.3 is 0 Å². The van der Waals surface area contributed by atoms with Gasteiger partial charge < -0.3 is 14.5 Å². The molecule has 26 heavy (non-hydrogen) atoms. The van der Waals surface area contributed by atoms with Gasteiger partial charge in [-0.05, 0) is 18.2 Å². The monoisotopic (exact) mass is 365 g/mol. The van der Waals surface area contributed by atoms with Crippen molar-refractivity contribution in [2.24, 2.45) is 0 Å². The van der Waals surface area contributed by atoms with Crippen LogP contribution in [-0.2, 0) is 9.63 Å². The van der Waals surface area contributed by atoms with Crippen LogP contribution in [0.5, 0.6) is 5.75 Å². The Morgan fingerprint density at radius 1 is 1.23 bits per heavy atom. The molecule has 1 aromatic rings. The van der Waals surface area contributed by atoms with Crippen LogP contribution in [0.15, 0.2) is 18.2 Å². The van der Waals surface area contributed by atoms with Crippen LogP contribution in [0.2, 0.25) is 0 Å². The maximum absolute atomic E-state index is 12.3. The first-order chi connectivity index (χ1) is 12.3. The number of imide groups is 1. The molecule has 0 saturated carbocycles. The van der Waals surface area contributed by atoms with Gasteiger partial charge in [-0.25, -0.2) is 0 Å². The van der Waals surface area contributed by atoms with Gasteiger partial charge in [-0.1, -0.05) is 6.92 Å². The molecule has 0 radical (unpaired) electrons. The molecule has 0 saturated heterocycles. The molecular formula is C16H19N3O7. The molecule has 0 fully saturated rings. The standard InChI is InChI=1S/C16H19N3O7/c1-3-14(20)17(2)6-8-25-11-4-5-12-13(10-11)16(22)18(15(12)21)7-9-26-19(23)24/h4-5,10H,3,6-9H2,1-2H3. The largest absolute Gasteiger partial charge is 0.492 e. The maximum Gasteiger partial charge on any atom is 0.294 e. The Kier molecular flexibility index (Phi) is 6.10. The van der Waals surface area contributed by atoms with Crippen molar-refractivity contribution < 1.29 is 29.0 Å². The summed E-state index contributed by atoms with van der Waals surface area (Å²) < 4.78 is 5.54. The van der Waals surface area contributed by atoms with Gasteiger partial charge in [0.1, 0.15) is 19.0 Å². The molecular weight excluding hydrogens is 346 g/mol. The van der Waals surface area contributed by atoms with E-state index in [1.807, 2.05) is 0 Å². The SMILES string of the molecule is CCC(=O)N(C)CCOc1ccc2c(c1)C(=O)N(CCO[N+](=O)[O-])C2=O. The van der Waals surface area contributed by atoms with Gasteiger partial charge in [-0.15, -0.1) is 10.1 Å². The number of hydrogen-bond acceptors (Lipinski definition) is 7. The minimum Gasteiger partial charge on any atom is -0.492 e. The minimum atomic E-state index is -0.982. The Morgan fingerprint density at radius 3 is 2.58 bits per heavy atom. The summed E-state index contributed by atoms with van der Waals surface area (Å²) in [5, 5.41) is 9.18. The molecule has 1 aromatic carbocycles. The number of ether oxygens (including phenoxy) is 1. The number of hydrogen-bond donors (Lipinski definition) is 0. The van der Waals surface area contributed by atoms with Crippen LogP contribution in [0.25, 0.3) is 0 Å². The second-order valence-electron chi connectivity index (χ2n) is 5.54. The number of carbonyl (C=O) groups is 3. The Bertz CT molecular complexity index is 735. The van der Waals surface area contributed by atoms with Crippen LogP contribution >= 0.6 is 0 Å². The van der Waals surface area contributed by atoms with Crippen LogP contribution < -0.4 is 4.74 Å². The second kappa shape index (κ2) is 8.28. The lowest BCUT2D eigenvalue weighted by molar-refractivity contribution is -0.757. The summed E-state index contributed by atoms with van der Waals surface area (Å²) in [6.07, 6.45) is 0.405. The van der Waals surface area contributed by atoms with Gasteiger partial charge in [-0.3, -0.25) is 19.3 Å². The van der Waals surface area contributed by atoms with Gasteiger partial charge in [0.05, 0.1) is 24.2 Å². The quantitative estimate of drug-likeness (QED) is 0.359. The molecule has 140 valence electrons. The van der Waals surface area contributed by atoms with E-state index in [0.29, 0.717) is 18.7 Å². The van der Waals surface area contributed by atoms with Gasteiger partial charge in [0.2, 0.25) is 5.91 Å². The van der Waals surface area contributed by atoms with E-state index in [0.717, 1.165) is 4.90 Å². The summed E-state index contributed by atoms with van der Waals surface area (Å²) in [6.45, 7) is 1.79. The molecule has 0 unspecified atom stereocenters. The highest BCUT2D eigenvalue weighted by Gasteiger charge is 2.35.